The van der Waals surface area contributed by atoms with Crippen LogP contribution in [-0.2, 0) is 4.79 Å². The average Bonchev–Trinajstić information content (AvgIpc) is 3.29. The number of carbonyl (C=O) groups is 2. The van der Waals surface area contributed by atoms with Gasteiger partial charge >= 0.3 is 24.8 Å². The summed E-state index contributed by atoms with van der Waals surface area (Å²) in [6, 6.07) is 12.5. The van der Waals surface area contributed by atoms with Crippen molar-refractivity contribution >= 4 is 47.1 Å². The summed E-state index contributed by atoms with van der Waals surface area (Å²) in [5.41, 5.74) is 5.94. The fourth-order valence-electron chi connectivity index (χ4n) is 3.18. The van der Waals surface area contributed by atoms with Gasteiger partial charge in [0.1, 0.15) is 6.04 Å². The molecule has 32 heavy (non-hydrogen) atoms. The van der Waals surface area contributed by atoms with E-state index in [1.165, 1.54) is 0 Å². The zero-order valence-corrected chi connectivity index (χ0v) is 20.0. The third-order valence-corrected chi connectivity index (χ3v) is 6.21. The Morgan fingerprint density at radius 2 is 2.00 bits per heavy atom. The zero-order chi connectivity index (χ0) is 22.2. The van der Waals surface area contributed by atoms with Crippen molar-refractivity contribution in [2.45, 2.75) is 19.4 Å². The maximum Gasteiger partial charge on any atom is 1.00 e. The molecule has 1 atom stereocenters. The quantitative estimate of drug-likeness (QED) is 0.480. The number of thiazole rings is 1. The fourth-order valence-corrected chi connectivity index (χ4v) is 4.16. The molecule has 1 amide bonds. The third-order valence-electron chi connectivity index (χ3n) is 4.83. The number of thioether (sulfide) groups is 1. The number of carbonyl (C=O) groups excluding carboxylic acids is 1. The van der Waals surface area contributed by atoms with Crippen molar-refractivity contribution in [2.75, 3.05) is 12.0 Å². The SMILES string of the molecule is CSCCC(NC(=O)c1ccc(/C=C/c2cncs2)cc1-c1ccccc1C)C(=O)O.[H-].[Li+]. The molecule has 0 fully saturated rings. The molecule has 0 saturated carbocycles. The molecular formula is C24H25LiN2O3S2. The van der Waals surface area contributed by atoms with Gasteiger partial charge < -0.3 is 11.8 Å². The van der Waals surface area contributed by atoms with Crippen molar-refractivity contribution in [1.29, 1.82) is 0 Å². The number of nitrogens with zero attached hydrogens (tertiary/aromatic N) is 1. The first-order valence-electron chi connectivity index (χ1n) is 9.79. The predicted molar refractivity (Wildman–Crippen MR) is 131 cm³/mol. The van der Waals surface area contributed by atoms with E-state index >= 15 is 0 Å². The number of carboxylic acid groups (broad SMARTS) is 1. The van der Waals surface area contributed by atoms with Gasteiger partial charge in [0.15, 0.2) is 0 Å². The van der Waals surface area contributed by atoms with Crippen molar-refractivity contribution in [3.63, 3.8) is 0 Å². The van der Waals surface area contributed by atoms with E-state index in [0.29, 0.717) is 17.7 Å². The molecule has 0 aliphatic heterocycles. The summed E-state index contributed by atoms with van der Waals surface area (Å²) in [6.07, 6.45) is 8.05. The monoisotopic (exact) mass is 460 g/mol. The molecule has 3 rings (SSSR count). The van der Waals surface area contributed by atoms with Gasteiger partial charge in [0.25, 0.3) is 5.91 Å². The Kier molecular flexibility index (Phi) is 10.3. The maximum atomic E-state index is 13.1. The number of rotatable bonds is 9. The number of carboxylic acids is 1. The standard InChI is InChI=1S/C24H24N2O3S2.Li.H/c1-16-5-3-4-6-19(16)21-13-17(7-9-18-14-25-15-31-18)8-10-20(21)23(27)26-22(24(28)29)11-12-30-2;;/h3-10,13-15,22H,11-12H2,1-2H3,(H,26,27)(H,28,29);;/q;+1;-1/b9-7+;;. The van der Waals surface area contributed by atoms with Gasteiger partial charge in [-0.3, -0.25) is 9.78 Å². The van der Waals surface area contributed by atoms with E-state index in [2.05, 4.69) is 10.3 Å². The Morgan fingerprint density at radius 1 is 1.22 bits per heavy atom. The zero-order valence-electron chi connectivity index (χ0n) is 19.4. The second-order valence-corrected chi connectivity index (χ2v) is 8.91. The number of aromatic nitrogens is 1. The van der Waals surface area contributed by atoms with Crippen LogP contribution in [0.3, 0.4) is 0 Å². The second kappa shape index (κ2) is 12.7. The second-order valence-electron chi connectivity index (χ2n) is 7.00. The van der Waals surface area contributed by atoms with Crippen LogP contribution in [0.25, 0.3) is 23.3 Å². The molecular weight excluding hydrogens is 435 g/mol. The van der Waals surface area contributed by atoms with Crippen molar-refractivity contribution in [1.82, 2.24) is 10.3 Å². The number of aliphatic carboxylic acids is 1. The summed E-state index contributed by atoms with van der Waals surface area (Å²) in [7, 11) is 0. The summed E-state index contributed by atoms with van der Waals surface area (Å²) < 4.78 is 0. The molecule has 2 aromatic carbocycles. The van der Waals surface area contributed by atoms with E-state index in [4.69, 9.17) is 0 Å². The number of amides is 1. The molecule has 1 heterocycles. The summed E-state index contributed by atoms with van der Waals surface area (Å²) in [5, 5.41) is 12.2. The van der Waals surface area contributed by atoms with Crippen molar-refractivity contribution in [3.05, 3.63) is 75.7 Å². The molecule has 1 unspecified atom stereocenters. The Bertz CT molecular complexity index is 1090. The Labute approximate surface area is 210 Å². The summed E-state index contributed by atoms with van der Waals surface area (Å²) in [6.45, 7) is 2.00. The number of benzene rings is 2. The van der Waals surface area contributed by atoms with Crippen LogP contribution in [0.2, 0.25) is 0 Å². The first-order valence-corrected chi connectivity index (χ1v) is 12.1. The van der Waals surface area contributed by atoms with Gasteiger partial charge in [-0.15, -0.1) is 11.3 Å². The molecule has 5 nitrogen and oxygen atoms in total. The van der Waals surface area contributed by atoms with E-state index in [1.807, 2.05) is 61.7 Å². The molecule has 0 bridgehead atoms. The molecule has 0 aliphatic rings. The minimum Gasteiger partial charge on any atom is -1.00 e. The van der Waals surface area contributed by atoms with Gasteiger partial charge in [0, 0.05) is 16.6 Å². The van der Waals surface area contributed by atoms with Crippen molar-refractivity contribution in [2.24, 2.45) is 0 Å². The van der Waals surface area contributed by atoms with Crippen LogP contribution in [0, 0.1) is 6.92 Å². The van der Waals surface area contributed by atoms with E-state index in [1.54, 1.807) is 40.9 Å². The average molecular weight is 461 g/mol. The van der Waals surface area contributed by atoms with Crippen molar-refractivity contribution in [3.8, 4) is 11.1 Å². The minimum atomic E-state index is -1.02. The fraction of sp³-hybridized carbons (Fsp3) is 0.208. The van der Waals surface area contributed by atoms with Crippen LogP contribution in [0.15, 0.2) is 54.2 Å². The Morgan fingerprint density at radius 3 is 2.66 bits per heavy atom. The maximum absolute atomic E-state index is 13.1. The topological polar surface area (TPSA) is 79.3 Å². The number of hydrogen-bond acceptors (Lipinski definition) is 5. The Hall–Kier alpha value is -2.30. The van der Waals surface area contributed by atoms with E-state index in [9.17, 15) is 14.7 Å². The Balaban J connectivity index is 0.00000272. The van der Waals surface area contributed by atoms with Gasteiger partial charge in [-0.2, -0.15) is 11.8 Å². The van der Waals surface area contributed by atoms with Crippen LogP contribution < -0.4 is 24.2 Å². The number of aryl methyl sites for hydroxylation is 1. The summed E-state index contributed by atoms with van der Waals surface area (Å²) in [5.74, 6) is -0.753. The van der Waals surface area contributed by atoms with Gasteiger partial charge in [-0.05, 0) is 65.8 Å². The molecule has 1 aromatic heterocycles. The summed E-state index contributed by atoms with van der Waals surface area (Å²) in [4.78, 5) is 29.8. The molecule has 0 radical (unpaired) electrons. The molecule has 162 valence electrons. The molecule has 3 aromatic rings. The first-order chi connectivity index (χ1) is 15.0. The molecule has 0 aliphatic carbocycles. The minimum absolute atomic E-state index is 0. The van der Waals surface area contributed by atoms with Crippen LogP contribution >= 0.6 is 23.1 Å². The molecule has 2 N–H and O–H groups in total. The predicted octanol–water partition coefficient (Wildman–Crippen LogP) is 2.34. The largest absolute Gasteiger partial charge is 1.00 e. The molecule has 0 saturated heterocycles. The van der Waals surface area contributed by atoms with Crippen LogP contribution in [-0.4, -0.2) is 40.0 Å². The number of nitrogens with one attached hydrogen (secondary N) is 1. The smallest absolute Gasteiger partial charge is 1.00 e. The van der Waals surface area contributed by atoms with Crippen molar-refractivity contribution < 1.29 is 35.0 Å². The van der Waals surface area contributed by atoms with Gasteiger partial charge in [0.2, 0.25) is 0 Å². The normalized spacial score (nSPS) is 11.7. The van der Waals surface area contributed by atoms with E-state index < -0.39 is 12.0 Å². The molecule has 0 spiro atoms. The number of hydrogen-bond donors (Lipinski definition) is 2. The first kappa shape index (κ1) is 26.0. The third kappa shape index (κ3) is 6.85. The van der Waals surface area contributed by atoms with Gasteiger partial charge in [-0.25, -0.2) is 4.79 Å². The van der Waals surface area contributed by atoms with Crippen LogP contribution in [0.5, 0.6) is 0 Å². The molecule has 8 heteroatoms. The summed E-state index contributed by atoms with van der Waals surface area (Å²) >= 11 is 3.10. The van der Waals surface area contributed by atoms with Crippen LogP contribution in [0.1, 0.15) is 34.2 Å². The van der Waals surface area contributed by atoms with E-state index in [-0.39, 0.29) is 26.2 Å². The van der Waals surface area contributed by atoms with E-state index in [0.717, 1.165) is 27.1 Å². The van der Waals surface area contributed by atoms with Gasteiger partial charge in [-0.1, -0.05) is 36.4 Å². The van der Waals surface area contributed by atoms with Crippen LogP contribution in [0.4, 0.5) is 0 Å². The van der Waals surface area contributed by atoms with Gasteiger partial charge in [0.05, 0.1) is 5.51 Å².